The lowest BCUT2D eigenvalue weighted by Gasteiger charge is -2.27. The highest BCUT2D eigenvalue weighted by molar-refractivity contribution is 6.09. The van der Waals surface area contributed by atoms with Crippen LogP contribution < -0.4 is 14.7 Å². The number of anilines is 9. The van der Waals surface area contributed by atoms with E-state index in [2.05, 4.69) is 439 Å². The lowest BCUT2D eigenvalue weighted by molar-refractivity contribution is 0.668. The molecule has 0 fully saturated rings. The van der Waals surface area contributed by atoms with E-state index in [9.17, 15) is 0 Å². The average molecular weight is 1510 g/mol. The molecular formula is C112H77N3O3. The van der Waals surface area contributed by atoms with E-state index >= 15 is 0 Å². The van der Waals surface area contributed by atoms with Gasteiger partial charge < -0.3 is 28.0 Å². The Morgan fingerprint density at radius 2 is 0.339 bits per heavy atom. The van der Waals surface area contributed by atoms with Gasteiger partial charge in [-0.15, -0.1) is 0 Å². The van der Waals surface area contributed by atoms with Gasteiger partial charge in [-0.1, -0.05) is 309 Å². The average Bonchev–Trinajstić information content (AvgIpc) is 1.46. The summed E-state index contributed by atoms with van der Waals surface area (Å²) in [4.78, 5) is 6.95. The molecule has 22 aromatic rings. The number of hydrogen-bond donors (Lipinski definition) is 0. The quantitative estimate of drug-likeness (QED) is 0.102. The molecule has 22 rings (SSSR count). The Balaban J connectivity index is 0.000000114. The Bertz CT molecular complexity index is 7150. The Morgan fingerprint density at radius 1 is 0.127 bits per heavy atom. The van der Waals surface area contributed by atoms with Gasteiger partial charge in [0.1, 0.15) is 33.5 Å². The van der Waals surface area contributed by atoms with E-state index in [0.29, 0.717) is 0 Å². The number of para-hydroxylation sites is 5. The van der Waals surface area contributed by atoms with Crippen LogP contribution in [0.2, 0.25) is 0 Å². The minimum Gasteiger partial charge on any atom is -0.456 e. The molecule has 0 saturated heterocycles. The van der Waals surface area contributed by atoms with Crippen molar-refractivity contribution in [3.8, 4) is 66.8 Å². The van der Waals surface area contributed by atoms with Crippen LogP contribution in [0.25, 0.3) is 143 Å². The van der Waals surface area contributed by atoms with Crippen LogP contribution in [-0.2, 0) is 0 Å². The van der Waals surface area contributed by atoms with Crippen molar-refractivity contribution < 1.29 is 13.3 Å². The van der Waals surface area contributed by atoms with Crippen molar-refractivity contribution in [3.05, 3.63) is 467 Å². The van der Waals surface area contributed by atoms with Crippen molar-refractivity contribution in [2.75, 3.05) is 14.7 Å². The molecule has 0 aliphatic rings. The van der Waals surface area contributed by atoms with E-state index in [1.54, 1.807) is 0 Å². The number of hydrogen-bond acceptors (Lipinski definition) is 6. The summed E-state index contributed by atoms with van der Waals surface area (Å²) in [5.74, 6) is 0. The zero-order valence-corrected chi connectivity index (χ0v) is 64.5. The Kier molecular flexibility index (Phi) is 19.3. The largest absolute Gasteiger partial charge is 0.456 e. The van der Waals surface area contributed by atoms with E-state index in [-0.39, 0.29) is 0 Å². The van der Waals surface area contributed by atoms with Crippen LogP contribution >= 0.6 is 0 Å². The summed E-state index contributed by atoms with van der Waals surface area (Å²) in [6.07, 6.45) is 0. The summed E-state index contributed by atoms with van der Waals surface area (Å²) in [6.45, 7) is 0. The normalized spacial score (nSPS) is 11.2. The molecule has 0 saturated carbocycles. The SMILES string of the molecule is c1ccc(-c2ccc(N(c3ccc(-c4ccccc4)cc3)c3ccc(-c4ccc5oc6ccccc6c5c4)cc3)cc2)cc1.c1ccc(-c2ccc(N(c3ccccc3)c3ccc(-c4ccc5oc6ccccc6c5c4)cc3)cc2)cc1.c1ccc(N(c2ccc(-c3ccc4oc5ccccc5c4c3)cc2)c2cccc3ccccc23)cc1. The van der Waals surface area contributed by atoms with Crippen LogP contribution in [0.5, 0.6) is 0 Å². The first kappa shape index (κ1) is 71.3. The predicted molar refractivity (Wildman–Crippen MR) is 495 cm³/mol. The van der Waals surface area contributed by atoms with Gasteiger partial charge in [-0.05, 0) is 230 Å². The van der Waals surface area contributed by atoms with Crippen molar-refractivity contribution in [1.29, 1.82) is 0 Å². The van der Waals surface area contributed by atoms with Crippen molar-refractivity contribution in [2.24, 2.45) is 0 Å². The van der Waals surface area contributed by atoms with E-state index in [0.717, 1.165) is 111 Å². The summed E-state index contributed by atoms with van der Waals surface area (Å²) < 4.78 is 18.1. The summed E-state index contributed by atoms with van der Waals surface area (Å²) in [7, 11) is 0. The molecule has 0 amide bonds. The van der Waals surface area contributed by atoms with Gasteiger partial charge in [0.25, 0.3) is 0 Å². The third kappa shape index (κ3) is 14.5. The molecule has 0 N–H and O–H groups in total. The number of nitrogens with zero attached hydrogens (tertiary/aromatic N) is 3. The first-order valence-corrected chi connectivity index (χ1v) is 40.0. The first-order chi connectivity index (χ1) is 58.5. The van der Waals surface area contributed by atoms with Crippen molar-refractivity contribution in [3.63, 3.8) is 0 Å². The van der Waals surface area contributed by atoms with Gasteiger partial charge in [-0.2, -0.15) is 0 Å². The molecule has 3 heterocycles. The highest BCUT2D eigenvalue weighted by Gasteiger charge is 2.20. The van der Waals surface area contributed by atoms with Crippen LogP contribution in [0.1, 0.15) is 0 Å². The van der Waals surface area contributed by atoms with Crippen molar-refractivity contribution in [2.45, 2.75) is 0 Å². The molecule has 0 spiro atoms. The van der Waals surface area contributed by atoms with Gasteiger partial charge in [0.15, 0.2) is 0 Å². The number of benzene rings is 19. The molecule has 0 aliphatic carbocycles. The summed E-state index contributed by atoms with van der Waals surface area (Å²) in [5.41, 5.74) is 29.9. The maximum absolute atomic E-state index is 6.06. The molecule has 6 heteroatoms. The topological polar surface area (TPSA) is 49.1 Å². The van der Waals surface area contributed by atoms with Crippen molar-refractivity contribution in [1.82, 2.24) is 0 Å². The lowest BCUT2D eigenvalue weighted by atomic mass is 10.0. The third-order valence-corrected chi connectivity index (χ3v) is 22.2. The Labute approximate surface area is 685 Å². The van der Waals surface area contributed by atoms with Crippen LogP contribution in [0, 0.1) is 0 Å². The number of rotatable bonds is 15. The summed E-state index contributed by atoms with van der Waals surface area (Å²) >= 11 is 0. The second kappa shape index (κ2) is 32.0. The summed E-state index contributed by atoms with van der Waals surface area (Å²) in [5, 5.41) is 9.33. The minimum atomic E-state index is 0.913. The molecule has 0 atom stereocenters. The maximum Gasteiger partial charge on any atom is 0.135 e. The highest BCUT2D eigenvalue weighted by atomic mass is 16.3. The predicted octanol–water partition coefficient (Wildman–Crippen LogP) is 32.3. The molecule has 0 bridgehead atoms. The van der Waals surface area contributed by atoms with E-state index in [4.69, 9.17) is 13.3 Å². The number of furan rings is 3. The molecule has 6 nitrogen and oxygen atoms in total. The van der Waals surface area contributed by atoms with Gasteiger partial charge in [-0.25, -0.2) is 0 Å². The highest BCUT2D eigenvalue weighted by Crippen LogP contribution is 2.44. The second-order valence-corrected chi connectivity index (χ2v) is 29.5. The van der Waals surface area contributed by atoms with Gasteiger partial charge in [0.2, 0.25) is 0 Å². The first-order valence-electron chi connectivity index (χ1n) is 40.0. The van der Waals surface area contributed by atoms with Gasteiger partial charge in [0.05, 0.1) is 5.69 Å². The van der Waals surface area contributed by atoms with E-state index < -0.39 is 0 Å². The Hall–Kier alpha value is -15.8. The Morgan fingerprint density at radius 3 is 0.661 bits per heavy atom. The van der Waals surface area contributed by atoms with Gasteiger partial charge in [0, 0.05) is 83.2 Å². The molecular weight excluding hydrogens is 1440 g/mol. The fourth-order valence-electron chi connectivity index (χ4n) is 16.3. The fourth-order valence-corrected chi connectivity index (χ4v) is 16.3. The smallest absolute Gasteiger partial charge is 0.135 e. The number of fused-ring (bicyclic) bond motifs is 10. The second-order valence-electron chi connectivity index (χ2n) is 29.5. The van der Waals surface area contributed by atoms with Crippen LogP contribution in [0.3, 0.4) is 0 Å². The van der Waals surface area contributed by atoms with Crippen molar-refractivity contribution >= 4 is 128 Å². The summed E-state index contributed by atoms with van der Waals surface area (Å²) in [6, 6.07) is 165. The van der Waals surface area contributed by atoms with Gasteiger partial charge in [-0.3, -0.25) is 0 Å². The lowest BCUT2D eigenvalue weighted by Crippen LogP contribution is -2.10. The van der Waals surface area contributed by atoms with E-state index in [1.807, 2.05) is 42.5 Å². The van der Waals surface area contributed by atoms with Crippen LogP contribution in [0.4, 0.5) is 51.2 Å². The minimum absolute atomic E-state index is 0.913. The zero-order valence-electron chi connectivity index (χ0n) is 64.5. The van der Waals surface area contributed by atoms with Gasteiger partial charge >= 0.3 is 0 Å². The van der Waals surface area contributed by atoms with E-state index in [1.165, 1.54) is 83.2 Å². The molecule has 19 aromatic carbocycles. The third-order valence-electron chi connectivity index (χ3n) is 22.2. The molecule has 0 radical (unpaired) electrons. The molecule has 0 aliphatic heterocycles. The molecule has 3 aromatic heterocycles. The molecule has 118 heavy (non-hydrogen) atoms. The fraction of sp³-hybridized carbons (Fsp3) is 0. The monoisotopic (exact) mass is 1510 g/mol. The van der Waals surface area contributed by atoms with Crippen LogP contribution in [-0.4, -0.2) is 0 Å². The standard InChI is InChI=1S/C42H29NO.C36H25NO.C34H23NO/c1-3-9-30(10-4-1)32-15-22-36(23-16-32)43(37-24-17-33(18-25-37)31-11-5-2-6-12-31)38-26-19-34(20-27-38)35-21-28-42-40(29-35)39-13-7-8-14-41(39)44-42;1-3-9-26(10-4-1)27-15-20-31(21-16-27)37(30-11-5-2-6-12-30)32-22-17-28(18-23-32)29-19-24-36-34(25-29)33-13-7-8-14-35(33)38-36;1-2-11-27(12-3-1)35(32-15-8-10-25-9-4-5-13-29(25)32)28-20-17-24(18-21-28)26-19-22-34-31(23-26)30-14-6-7-16-33(30)36-34/h1-29H;1-25H;1-23H. The zero-order chi connectivity index (χ0) is 78.5. The molecule has 0 unspecified atom stereocenters. The maximum atomic E-state index is 6.06. The molecule has 558 valence electrons. The van der Waals surface area contributed by atoms with Crippen LogP contribution in [0.15, 0.2) is 480 Å².